The van der Waals surface area contributed by atoms with E-state index in [0.29, 0.717) is 26.3 Å². The first-order valence-electron chi connectivity index (χ1n) is 8.17. The third kappa shape index (κ3) is 3.12. The molecule has 0 aliphatic carbocycles. The lowest BCUT2D eigenvalue weighted by Gasteiger charge is -2.38. The molecule has 1 N–H and O–H groups in total. The fourth-order valence-corrected chi connectivity index (χ4v) is 3.88. The molecule has 0 bridgehead atoms. The number of nitrogens with zero attached hydrogens (tertiary/aromatic N) is 1. The number of ether oxygens (including phenoxy) is 2. The highest BCUT2D eigenvalue weighted by molar-refractivity contribution is 7.08. The average molecular weight is 344 g/mol. The zero-order valence-electron chi connectivity index (χ0n) is 13.4. The van der Waals surface area contributed by atoms with Gasteiger partial charge in [0, 0.05) is 23.8 Å². The second-order valence-electron chi connectivity index (χ2n) is 6.30. The summed E-state index contributed by atoms with van der Waals surface area (Å²) in [5.41, 5.74) is 1.52. The molecule has 2 aliphatic heterocycles. The van der Waals surface area contributed by atoms with E-state index in [2.05, 4.69) is 5.32 Å². The first kappa shape index (κ1) is 15.5. The lowest BCUT2D eigenvalue weighted by Crippen LogP contribution is -2.51. The topological polar surface area (TPSA) is 50.8 Å². The molecule has 6 heteroatoms. The lowest BCUT2D eigenvalue weighted by atomic mass is 9.93. The van der Waals surface area contributed by atoms with Crippen LogP contribution in [-0.2, 0) is 11.3 Å². The van der Waals surface area contributed by atoms with Crippen molar-refractivity contribution in [3.05, 3.63) is 46.7 Å². The number of thiophene rings is 1. The molecule has 5 nitrogen and oxygen atoms in total. The summed E-state index contributed by atoms with van der Waals surface area (Å²) in [4.78, 5) is 14.6. The summed E-state index contributed by atoms with van der Waals surface area (Å²) < 4.78 is 11.9. The highest BCUT2D eigenvalue weighted by Gasteiger charge is 2.40. The van der Waals surface area contributed by atoms with Crippen LogP contribution in [0.2, 0.25) is 0 Å². The van der Waals surface area contributed by atoms with Gasteiger partial charge in [0.05, 0.1) is 32.0 Å². The van der Waals surface area contributed by atoms with E-state index in [0.717, 1.165) is 29.8 Å². The Morgan fingerprint density at radius 1 is 1.21 bits per heavy atom. The molecule has 0 unspecified atom stereocenters. The molecule has 4 rings (SSSR count). The number of benzene rings is 1. The number of fused-ring (bicyclic) bond motifs is 1. The maximum absolute atomic E-state index is 12.8. The van der Waals surface area contributed by atoms with Gasteiger partial charge in [-0.15, -0.1) is 0 Å². The van der Waals surface area contributed by atoms with Crippen LogP contribution in [0.4, 0.5) is 10.5 Å². The molecule has 2 aliphatic rings. The molecular weight excluding hydrogens is 324 g/mol. The van der Waals surface area contributed by atoms with Crippen LogP contribution < -0.4 is 10.1 Å². The summed E-state index contributed by atoms with van der Waals surface area (Å²) in [6.45, 7) is 2.46. The van der Waals surface area contributed by atoms with Crippen molar-refractivity contribution in [1.82, 2.24) is 4.90 Å². The van der Waals surface area contributed by atoms with Gasteiger partial charge < -0.3 is 19.7 Å². The predicted molar refractivity (Wildman–Crippen MR) is 93.6 cm³/mol. The van der Waals surface area contributed by atoms with Crippen LogP contribution in [0.5, 0.6) is 5.75 Å². The first-order chi connectivity index (χ1) is 11.7. The lowest BCUT2D eigenvalue weighted by molar-refractivity contribution is -0.0529. The second-order valence-corrected chi connectivity index (χ2v) is 7.08. The van der Waals surface area contributed by atoms with Crippen molar-refractivity contribution in [3.63, 3.8) is 0 Å². The maximum atomic E-state index is 12.8. The van der Waals surface area contributed by atoms with E-state index in [1.165, 1.54) is 0 Å². The molecular formula is C18H20N2O3S. The van der Waals surface area contributed by atoms with E-state index in [9.17, 15) is 4.79 Å². The van der Waals surface area contributed by atoms with Crippen molar-refractivity contribution in [2.75, 3.05) is 25.1 Å². The van der Waals surface area contributed by atoms with Crippen molar-refractivity contribution < 1.29 is 14.3 Å². The number of nitrogens with one attached hydrogen (secondary N) is 1. The fourth-order valence-electron chi connectivity index (χ4n) is 3.29. The van der Waals surface area contributed by atoms with E-state index >= 15 is 0 Å². The van der Waals surface area contributed by atoms with E-state index in [1.54, 1.807) is 11.3 Å². The number of urea groups is 1. The van der Waals surface area contributed by atoms with Crippen LogP contribution in [0, 0.1) is 0 Å². The van der Waals surface area contributed by atoms with Gasteiger partial charge in [-0.05, 0) is 17.5 Å². The highest BCUT2D eigenvalue weighted by atomic mass is 32.1. The van der Waals surface area contributed by atoms with Gasteiger partial charge in [0.1, 0.15) is 11.4 Å². The van der Waals surface area contributed by atoms with Gasteiger partial charge in [0.2, 0.25) is 0 Å². The number of hydrogen-bond donors (Lipinski definition) is 1. The molecule has 2 amide bonds. The molecule has 0 atom stereocenters. The normalized spacial score (nSPS) is 19.2. The molecule has 1 spiro atoms. The average Bonchev–Trinajstić information content (AvgIpc) is 3.04. The first-order valence-corrected chi connectivity index (χ1v) is 9.11. The Hall–Kier alpha value is -2.05. The summed E-state index contributed by atoms with van der Waals surface area (Å²) >= 11 is 1.57. The van der Waals surface area contributed by atoms with Gasteiger partial charge >= 0.3 is 6.03 Å². The molecule has 3 heterocycles. The minimum Gasteiger partial charge on any atom is -0.485 e. The van der Waals surface area contributed by atoms with Crippen molar-refractivity contribution in [3.8, 4) is 5.75 Å². The number of amides is 2. The Labute approximate surface area is 145 Å². The van der Waals surface area contributed by atoms with Crippen molar-refractivity contribution in [2.45, 2.75) is 25.0 Å². The third-order valence-corrected chi connectivity index (χ3v) is 5.29. The number of rotatable bonds is 1. The zero-order chi connectivity index (χ0) is 16.4. The summed E-state index contributed by atoms with van der Waals surface area (Å²) in [6, 6.07) is 9.81. The number of hydrogen-bond acceptors (Lipinski definition) is 4. The number of anilines is 1. The van der Waals surface area contributed by atoms with Crippen molar-refractivity contribution in [1.29, 1.82) is 0 Å². The minimum atomic E-state index is -0.364. The molecule has 126 valence electrons. The van der Waals surface area contributed by atoms with E-state index in [-0.39, 0.29) is 11.6 Å². The minimum absolute atomic E-state index is 0.0837. The Morgan fingerprint density at radius 2 is 2.04 bits per heavy atom. The van der Waals surface area contributed by atoms with Crippen molar-refractivity contribution in [2.24, 2.45) is 0 Å². The predicted octanol–water partition coefficient (Wildman–Crippen LogP) is 3.72. The monoisotopic (exact) mass is 344 g/mol. The highest BCUT2D eigenvalue weighted by Crippen LogP contribution is 2.35. The standard InChI is InChI=1S/C18H20N2O3S/c21-17(19-15-5-10-24-12-15)20-11-14-3-1-2-4-16(14)23-18(13-20)6-8-22-9-7-18/h1-5,10,12H,6-9,11,13H2,(H,19,21). The molecule has 0 saturated carbocycles. The molecule has 2 aromatic rings. The molecule has 1 fully saturated rings. The van der Waals surface area contributed by atoms with Crippen molar-refractivity contribution >= 4 is 23.1 Å². The Morgan fingerprint density at radius 3 is 2.83 bits per heavy atom. The largest absolute Gasteiger partial charge is 0.485 e. The quantitative estimate of drug-likeness (QED) is 0.858. The second kappa shape index (κ2) is 6.45. The number of carbonyl (C=O) groups is 1. The third-order valence-electron chi connectivity index (χ3n) is 4.60. The Kier molecular flexibility index (Phi) is 4.16. The van der Waals surface area contributed by atoms with Crippen LogP contribution in [0.1, 0.15) is 18.4 Å². The van der Waals surface area contributed by atoms with Gasteiger partial charge in [-0.25, -0.2) is 4.79 Å². The molecule has 1 aromatic heterocycles. The Balaban J connectivity index is 1.62. The van der Waals surface area contributed by atoms with Gasteiger partial charge in [-0.3, -0.25) is 0 Å². The van der Waals surface area contributed by atoms with Crippen LogP contribution in [0.15, 0.2) is 41.1 Å². The van der Waals surface area contributed by atoms with E-state index in [4.69, 9.17) is 9.47 Å². The Bertz CT molecular complexity index is 711. The summed E-state index contributed by atoms with van der Waals surface area (Å²) in [5, 5.41) is 6.87. The number of para-hydroxylation sites is 1. The maximum Gasteiger partial charge on any atom is 0.322 e. The summed E-state index contributed by atoms with van der Waals surface area (Å²) in [6.07, 6.45) is 1.59. The van der Waals surface area contributed by atoms with Crippen LogP contribution in [0.3, 0.4) is 0 Å². The molecule has 24 heavy (non-hydrogen) atoms. The smallest absolute Gasteiger partial charge is 0.322 e. The van der Waals surface area contributed by atoms with Crippen LogP contribution >= 0.6 is 11.3 Å². The number of carbonyl (C=O) groups excluding carboxylic acids is 1. The van der Waals surface area contributed by atoms with E-state index in [1.807, 2.05) is 46.0 Å². The van der Waals surface area contributed by atoms with Crippen LogP contribution in [0.25, 0.3) is 0 Å². The van der Waals surface area contributed by atoms with E-state index < -0.39 is 0 Å². The molecule has 0 radical (unpaired) electrons. The SMILES string of the molecule is O=C(Nc1ccsc1)N1Cc2ccccc2OC2(CCOCC2)C1. The van der Waals surface area contributed by atoms with Gasteiger partial charge in [0.25, 0.3) is 0 Å². The molecule has 1 saturated heterocycles. The zero-order valence-corrected chi connectivity index (χ0v) is 14.2. The van der Waals surface area contributed by atoms with Crippen LogP contribution in [-0.4, -0.2) is 36.3 Å². The van der Waals surface area contributed by atoms with Gasteiger partial charge in [-0.2, -0.15) is 11.3 Å². The molecule has 1 aromatic carbocycles. The van der Waals surface area contributed by atoms with Gasteiger partial charge in [0.15, 0.2) is 0 Å². The van der Waals surface area contributed by atoms with Gasteiger partial charge in [-0.1, -0.05) is 18.2 Å². The summed E-state index contributed by atoms with van der Waals surface area (Å²) in [5.74, 6) is 0.880. The fraction of sp³-hybridized carbons (Fsp3) is 0.389. The summed E-state index contributed by atoms with van der Waals surface area (Å²) in [7, 11) is 0.